The van der Waals surface area contributed by atoms with E-state index < -0.39 is 0 Å². The van der Waals surface area contributed by atoms with Crippen molar-refractivity contribution in [1.29, 1.82) is 0 Å². The van der Waals surface area contributed by atoms with E-state index in [9.17, 15) is 0 Å². The fraction of sp³-hybridized carbons (Fsp3) is 0.600. The molecule has 0 saturated heterocycles. The van der Waals surface area contributed by atoms with Crippen LogP contribution < -0.4 is 14.8 Å². The average molecular weight is 328 g/mol. The van der Waals surface area contributed by atoms with E-state index in [1.807, 2.05) is 6.07 Å². The third kappa shape index (κ3) is 4.39. The summed E-state index contributed by atoms with van der Waals surface area (Å²) in [6.45, 7) is 5.90. The van der Waals surface area contributed by atoms with E-state index in [-0.39, 0.29) is 0 Å². The first-order chi connectivity index (χ1) is 9.10. The molecule has 1 fully saturated rings. The van der Waals surface area contributed by atoms with Crippen molar-refractivity contribution in [3.05, 3.63) is 22.2 Å². The topological polar surface area (TPSA) is 30.5 Å². The Morgan fingerprint density at radius 3 is 2.68 bits per heavy atom. The van der Waals surface area contributed by atoms with Crippen LogP contribution in [0.25, 0.3) is 0 Å². The van der Waals surface area contributed by atoms with Crippen LogP contribution in [0.4, 0.5) is 0 Å². The summed E-state index contributed by atoms with van der Waals surface area (Å²) in [7, 11) is 1.69. The molecular weight excluding hydrogens is 306 g/mol. The van der Waals surface area contributed by atoms with Crippen molar-refractivity contribution in [3.63, 3.8) is 0 Å². The van der Waals surface area contributed by atoms with Crippen LogP contribution >= 0.6 is 15.9 Å². The molecule has 1 aliphatic carbocycles. The molecule has 0 spiro atoms. The van der Waals surface area contributed by atoms with E-state index in [0.29, 0.717) is 6.04 Å². The van der Waals surface area contributed by atoms with Crippen LogP contribution in [0, 0.1) is 5.92 Å². The van der Waals surface area contributed by atoms with Crippen LogP contribution in [-0.4, -0.2) is 19.8 Å². The molecule has 0 atom stereocenters. The van der Waals surface area contributed by atoms with E-state index in [4.69, 9.17) is 9.47 Å². The molecule has 1 saturated carbocycles. The van der Waals surface area contributed by atoms with Gasteiger partial charge in [0.25, 0.3) is 0 Å². The zero-order valence-electron chi connectivity index (χ0n) is 11.8. The fourth-order valence-corrected chi connectivity index (χ4v) is 2.43. The van der Waals surface area contributed by atoms with Crippen LogP contribution in [0.1, 0.15) is 32.3 Å². The number of rotatable bonds is 7. The monoisotopic (exact) mass is 327 g/mol. The molecular formula is C15H22BrNO2. The minimum absolute atomic E-state index is 0.468. The summed E-state index contributed by atoms with van der Waals surface area (Å²) < 4.78 is 12.3. The Morgan fingerprint density at radius 1 is 1.37 bits per heavy atom. The third-order valence-corrected chi connectivity index (χ3v) is 3.75. The predicted molar refractivity (Wildman–Crippen MR) is 80.9 cm³/mol. The van der Waals surface area contributed by atoms with Crippen LogP contribution in [0.15, 0.2) is 16.6 Å². The molecule has 1 aromatic rings. The fourth-order valence-electron chi connectivity index (χ4n) is 1.82. The van der Waals surface area contributed by atoms with E-state index in [1.54, 1.807) is 7.11 Å². The largest absolute Gasteiger partial charge is 0.493 e. The van der Waals surface area contributed by atoms with Crippen LogP contribution in [0.3, 0.4) is 0 Å². The lowest BCUT2D eigenvalue weighted by molar-refractivity contribution is 0.278. The molecule has 0 unspecified atom stereocenters. The summed E-state index contributed by atoms with van der Waals surface area (Å²) in [5.41, 5.74) is 1.19. The first-order valence-electron chi connectivity index (χ1n) is 6.82. The highest BCUT2D eigenvalue weighted by Crippen LogP contribution is 2.38. The quantitative estimate of drug-likeness (QED) is 0.827. The van der Waals surface area contributed by atoms with Gasteiger partial charge in [0.15, 0.2) is 11.5 Å². The maximum atomic E-state index is 5.87. The molecule has 1 N–H and O–H groups in total. The molecule has 1 aromatic carbocycles. The molecule has 1 aliphatic rings. The number of nitrogens with one attached hydrogen (secondary N) is 1. The van der Waals surface area contributed by atoms with Gasteiger partial charge in [-0.3, -0.25) is 0 Å². The summed E-state index contributed by atoms with van der Waals surface area (Å²) in [6, 6.07) is 4.61. The molecule has 0 aromatic heterocycles. The summed E-state index contributed by atoms with van der Waals surface area (Å²) in [4.78, 5) is 0. The minimum Gasteiger partial charge on any atom is -0.493 e. The lowest BCUT2D eigenvalue weighted by Gasteiger charge is -2.15. The molecule has 0 aliphatic heterocycles. The average Bonchev–Trinajstić information content (AvgIpc) is 3.18. The Balaban J connectivity index is 2.08. The summed E-state index contributed by atoms with van der Waals surface area (Å²) in [5.74, 6) is 2.36. The summed E-state index contributed by atoms with van der Waals surface area (Å²) in [5, 5.41) is 3.40. The Bertz CT molecular complexity index is 430. The second-order valence-corrected chi connectivity index (χ2v) is 6.25. The standard InChI is InChI=1S/C15H22BrNO2/c1-10(2)17-8-12-6-13(16)15(14(7-12)18-3)19-9-11-4-5-11/h6-7,10-11,17H,4-5,8-9H2,1-3H3. The Labute approximate surface area is 123 Å². The van der Waals surface area contributed by atoms with Gasteiger partial charge in [0, 0.05) is 12.6 Å². The first kappa shape index (κ1) is 14.7. The lowest BCUT2D eigenvalue weighted by atomic mass is 10.2. The normalized spacial score (nSPS) is 14.8. The van der Waals surface area contributed by atoms with Crippen molar-refractivity contribution in [1.82, 2.24) is 5.32 Å². The third-order valence-electron chi connectivity index (χ3n) is 3.16. The van der Waals surface area contributed by atoms with E-state index in [0.717, 1.165) is 35.0 Å². The van der Waals surface area contributed by atoms with Gasteiger partial charge in [0.05, 0.1) is 18.2 Å². The number of hydrogen-bond acceptors (Lipinski definition) is 3. The van der Waals surface area contributed by atoms with Crippen molar-refractivity contribution >= 4 is 15.9 Å². The lowest BCUT2D eigenvalue weighted by Crippen LogP contribution is -2.21. The van der Waals surface area contributed by atoms with Gasteiger partial charge in [0.2, 0.25) is 0 Å². The van der Waals surface area contributed by atoms with E-state index in [1.165, 1.54) is 18.4 Å². The van der Waals surface area contributed by atoms with Gasteiger partial charge >= 0.3 is 0 Å². The zero-order valence-corrected chi connectivity index (χ0v) is 13.4. The first-order valence-corrected chi connectivity index (χ1v) is 7.62. The van der Waals surface area contributed by atoms with Gasteiger partial charge in [-0.25, -0.2) is 0 Å². The molecule has 4 heteroatoms. The molecule has 0 heterocycles. The van der Waals surface area contributed by atoms with Gasteiger partial charge in [-0.05, 0) is 52.4 Å². The summed E-state index contributed by atoms with van der Waals surface area (Å²) in [6.07, 6.45) is 2.58. The van der Waals surface area contributed by atoms with Crippen LogP contribution in [0.2, 0.25) is 0 Å². The van der Waals surface area contributed by atoms with Gasteiger partial charge in [0.1, 0.15) is 0 Å². The highest BCUT2D eigenvalue weighted by molar-refractivity contribution is 9.10. The summed E-state index contributed by atoms with van der Waals surface area (Å²) >= 11 is 3.58. The molecule has 0 radical (unpaired) electrons. The van der Waals surface area contributed by atoms with Crippen LogP contribution in [-0.2, 0) is 6.54 Å². The Morgan fingerprint density at radius 2 is 2.11 bits per heavy atom. The molecule has 3 nitrogen and oxygen atoms in total. The Kier molecular flexibility index (Phi) is 5.11. The van der Waals surface area contributed by atoms with E-state index >= 15 is 0 Å². The van der Waals surface area contributed by atoms with Crippen molar-refractivity contribution in [3.8, 4) is 11.5 Å². The van der Waals surface area contributed by atoms with Gasteiger partial charge in [-0.2, -0.15) is 0 Å². The smallest absolute Gasteiger partial charge is 0.175 e. The van der Waals surface area contributed by atoms with Crippen molar-refractivity contribution in [2.75, 3.05) is 13.7 Å². The maximum Gasteiger partial charge on any atom is 0.175 e. The van der Waals surface area contributed by atoms with Gasteiger partial charge < -0.3 is 14.8 Å². The predicted octanol–water partition coefficient (Wildman–Crippen LogP) is 3.74. The molecule has 2 rings (SSSR count). The molecule has 0 amide bonds. The Hall–Kier alpha value is -0.740. The highest BCUT2D eigenvalue weighted by atomic mass is 79.9. The number of halogens is 1. The number of ether oxygens (including phenoxy) is 2. The molecule has 0 bridgehead atoms. The number of hydrogen-bond donors (Lipinski definition) is 1. The molecule has 106 valence electrons. The zero-order chi connectivity index (χ0) is 13.8. The second-order valence-electron chi connectivity index (χ2n) is 5.40. The second kappa shape index (κ2) is 6.62. The van der Waals surface area contributed by atoms with Gasteiger partial charge in [-0.1, -0.05) is 13.8 Å². The molecule has 19 heavy (non-hydrogen) atoms. The van der Waals surface area contributed by atoms with Crippen molar-refractivity contribution in [2.45, 2.75) is 39.3 Å². The van der Waals surface area contributed by atoms with Crippen molar-refractivity contribution < 1.29 is 9.47 Å². The SMILES string of the molecule is COc1cc(CNC(C)C)cc(Br)c1OCC1CC1. The minimum atomic E-state index is 0.468. The number of methoxy groups -OCH3 is 1. The number of benzene rings is 1. The van der Waals surface area contributed by atoms with E-state index in [2.05, 4.69) is 41.2 Å². The van der Waals surface area contributed by atoms with Crippen molar-refractivity contribution in [2.24, 2.45) is 5.92 Å². The maximum absolute atomic E-state index is 5.87. The highest BCUT2D eigenvalue weighted by Gasteiger charge is 2.23. The van der Waals surface area contributed by atoms with Gasteiger partial charge in [-0.15, -0.1) is 0 Å². The van der Waals surface area contributed by atoms with Crippen LogP contribution in [0.5, 0.6) is 11.5 Å².